The van der Waals surface area contributed by atoms with Gasteiger partial charge in [-0.25, -0.2) is 18.1 Å². The first-order valence-electron chi connectivity index (χ1n) is 9.14. The van der Waals surface area contributed by atoms with Crippen LogP contribution < -0.4 is 10.0 Å². The summed E-state index contributed by atoms with van der Waals surface area (Å²) >= 11 is 1.41. The second kappa shape index (κ2) is 9.30. The summed E-state index contributed by atoms with van der Waals surface area (Å²) in [6.45, 7) is 2.21. The molecule has 3 aromatic rings. The van der Waals surface area contributed by atoms with Crippen molar-refractivity contribution in [3.8, 4) is 0 Å². The Bertz CT molecular complexity index is 1080. The standard InChI is InChI=1S/C21H23N3O3S2/c1-15-20(28-19(24-15)12-16-6-4-3-5-7-16)21(25)23-13-17-8-10-18(11-9-17)14-29(26,27)22-2/h3-11,22H,12-14H2,1-2H3,(H,23,25). The zero-order valence-electron chi connectivity index (χ0n) is 16.3. The van der Waals surface area contributed by atoms with Gasteiger partial charge in [-0.15, -0.1) is 11.3 Å². The number of carbonyl (C=O) groups is 1. The van der Waals surface area contributed by atoms with Crippen LogP contribution in [0.4, 0.5) is 0 Å². The number of hydrogen-bond donors (Lipinski definition) is 2. The lowest BCUT2D eigenvalue weighted by Crippen LogP contribution is -2.22. The molecule has 152 valence electrons. The molecule has 0 saturated carbocycles. The van der Waals surface area contributed by atoms with Crippen LogP contribution in [0.2, 0.25) is 0 Å². The monoisotopic (exact) mass is 429 g/mol. The highest BCUT2D eigenvalue weighted by molar-refractivity contribution is 7.88. The Kier molecular flexibility index (Phi) is 6.79. The number of amides is 1. The molecule has 0 bridgehead atoms. The Morgan fingerprint density at radius 2 is 1.66 bits per heavy atom. The Morgan fingerprint density at radius 1 is 1.00 bits per heavy atom. The second-order valence-electron chi connectivity index (χ2n) is 6.65. The molecule has 0 aliphatic rings. The summed E-state index contributed by atoms with van der Waals surface area (Å²) in [6.07, 6.45) is 0.705. The van der Waals surface area contributed by atoms with Crippen molar-refractivity contribution in [3.05, 3.63) is 86.9 Å². The summed E-state index contributed by atoms with van der Waals surface area (Å²) in [6, 6.07) is 17.2. The predicted molar refractivity (Wildman–Crippen MR) is 115 cm³/mol. The van der Waals surface area contributed by atoms with Gasteiger partial charge in [0, 0.05) is 13.0 Å². The molecule has 1 amide bonds. The molecule has 0 saturated heterocycles. The van der Waals surface area contributed by atoms with Gasteiger partial charge in [0.15, 0.2) is 0 Å². The summed E-state index contributed by atoms with van der Waals surface area (Å²) in [5, 5.41) is 3.82. The molecule has 0 unspecified atom stereocenters. The zero-order valence-corrected chi connectivity index (χ0v) is 17.9. The van der Waals surface area contributed by atoms with Gasteiger partial charge in [0.25, 0.3) is 5.91 Å². The van der Waals surface area contributed by atoms with Crippen molar-refractivity contribution in [2.75, 3.05) is 7.05 Å². The first kappa shape index (κ1) is 21.2. The fraction of sp³-hybridized carbons (Fsp3) is 0.238. The third kappa shape index (κ3) is 5.96. The number of rotatable bonds is 8. The van der Waals surface area contributed by atoms with Gasteiger partial charge < -0.3 is 5.32 Å². The second-order valence-corrected chi connectivity index (χ2v) is 9.66. The van der Waals surface area contributed by atoms with Crippen LogP contribution in [0, 0.1) is 6.92 Å². The molecule has 6 nitrogen and oxygen atoms in total. The van der Waals surface area contributed by atoms with E-state index in [-0.39, 0.29) is 11.7 Å². The van der Waals surface area contributed by atoms with E-state index < -0.39 is 10.0 Å². The average Bonchev–Trinajstić information content (AvgIpc) is 3.08. The molecular formula is C21H23N3O3S2. The number of aromatic nitrogens is 1. The fourth-order valence-corrected chi connectivity index (χ4v) is 4.61. The first-order valence-corrected chi connectivity index (χ1v) is 11.6. The topological polar surface area (TPSA) is 88.2 Å². The largest absolute Gasteiger partial charge is 0.347 e. The van der Waals surface area contributed by atoms with Crippen LogP contribution >= 0.6 is 11.3 Å². The maximum atomic E-state index is 12.6. The molecule has 1 heterocycles. The highest BCUT2D eigenvalue weighted by Gasteiger charge is 2.15. The van der Waals surface area contributed by atoms with E-state index in [9.17, 15) is 13.2 Å². The van der Waals surface area contributed by atoms with E-state index in [1.807, 2.05) is 49.4 Å². The van der Waals surface area contributed by atoms with Crippen LogP contribution in [-0.2, 0) is 28.7 Å². The molecule has 0 atom stereocenters. The van der Waals surface area contributed by atoms with Gasteiger partial charge in [0.1, 0.15) is 4.88 Å². The van der Waals surface area contributed by atoms with Crippen LogP contribution in [0.25, 0.3) is 0 Å². The van der Waals surface area contributed by atoms with Crippen LogP contribution in [-0.4, -0.2) is 26.4 Å². The third-order valence-electron chi connectivity index (χ3n) is 4.39. The molecule has 2 aromatic carbocycles. The molecular weight excluding hydrogens is 406 g/mol. The number of sulfonamides is 1. The lowest BCUT2D eigenvalue weighted by molar-refractivity contribution is 0.0954. The number of thiazole rings is 1. The van der Waals surface area contributed by atoms with E-state index in [2.05, 4.69) is 15.0 Å². The summed E-state index contributed by atoms with van der Waals surface area (Å²) in [4.78, 5) is 17.7. The highest BCUT2D eigenvalue weighted by Crippen LogP contribution is 2.21. The van der Waals surface area contributed by atoms with Crippen LogP contribution in [0.1, 0.15) is 37.1 Å². The molecule has 8 heteroatoms. The molecule has 0 radical (unpaired) electrons. The number of hydrogen-bond acceptors (Lipinski definition) is 5. The van der Waals surface area contributed by atoms with E-state index in [1.165, 1.54) is 18.4 Å². The van der Waals surface area contributed by atoms with Crippen LogP contribution in [0.15, 0.2) is 54.6 Å². The predicted octanol–water partition coefficient (Wildman–Crippen LogP) is 3.02. The number of nitrogens with one attached hydrogen (secondary N) is 2. The number of benzene rings is 2. The Hall–Kier alpha value is -2.55. The minimum atomic E-state index is -3.30. The fourth-order valence-electron chi connectivity index (χ4n) is 2.82. The lowest BCUT2D eigenvalue weighted by Gasteiger charge is -2.06. The summed E-state index contributed by atoms with van der Waals surface area (Å²) in [7, 11) is -1.90. The normalized spacial score (nSPS) is 11.4. The summed E-state index contributed by atoms with van der Waals surface area (Å²) in [5.74, 6) is -0.221. The Labute approximate surface area is 175 Å². The van der Waals surface area contributed by atoms with Crippen molar-refractivity contribution in [1.29, 1.82) is 0 Å². The number of carbonyl (C=O) groups excluding carboxylic acids is 1. The smallest absolute Gasteiger partial charge is 0.263 e. The van der Waals surface area contributed by atoms with E-state index in [0.29, 0.717) is 23.4 Å². The van der Waals surface area contributed by atoms with E-state index >= 15 is 0 Å². The molecule has 0 aliphatic heterocycles. The molecule has 1 aromatic heterocycles. The first-order chi connectivity index (χ1) is 13.9. The van der Waals surface area contributed by atoms with Gasteiger partial charge in [-0.2, -0.15) is 0 Å². The maximum absolute atomic E-state index is 12.6. The molecule has 3 rings (SSSR count). The van der Waals surface area contributed by atoms with Crippen molar-refractivity contribution >= 4 is 27.3 Å². The van der Waals surface area contributed by atoms with Crippen molar-refractivity contribution in [3.63, 3.8) is 0 Å². The number of nitrogens with zero attached hydrogens (tertiary/aromatic N) is 1. The molecule has 0 spiro atoms. The minimum absolute atomic E-state index is 0.0691. The van der Waals surface area contributed by atoms with Crippen LogP contribution in [0.5, 0.6) is 0 Å². The van der Waals surface area contributed by atoms with Gasteiger partial charge in [-0.1, -0.05) is 54.6 Å². The number of aryl methyl sites for hydroxylation is 1. The van der Waals surface area contributed by atoms with E-state index in [4.69, 9.17) is 0 Å². The Balaban J connectivity index is 1.59. The zero-order chi connectivity index (χ0) is 20.9. The molecule has 0 aliphatic carbocycles. The van der Waals surface area contributed by atoms with Crippen LogP contribution in [0.3, 0.4) is 0 Å². The van der Waals surface area contributed by atoms with E-state index in [1.54, 1.807) is 12.1 Å². The van der Waals surface area contributed by atoms with Crippen molar-refractivity contribution in [2.45, 2.75) is 25.6 Å². The lowest BCUT2D eigenvalue weighted by atomic mass is 10.1. The maximum Gasteiger partial charge on any atom is 0.263 e. The SMILES string of the molecule is CNS(=O)(=O)Cc1ccc(CNC(=O)c2sc(Cc3ccccc3)nc2C)cc1. The quantitative estimate of drug-likeness (QED) is 0.576. The van der Waals surface area contributed by atoms with Crippen molar-refractivity contribution in [1.82, 2.24) is 15.0 Å². The molecule has 0 fully saturated rings. The Morgan fingerprint density at radius 3 is 2.31 bits per heavy atom. The molecule has 29 heavy (non-hydrogen) atoms. The van der Waals surface area contributed by atoms with E-state index in [0.717, 1.165) is 21.8 Å². The van der Waals surface area contributed by atoms with Crippen molar-refractivity contribution < 1.29 is 13.2 Å². The highest BCUT2D eigenvalue weighted by atomic mass is 32.2. The summed E-state index contributed by atoms with van der Waals surface area (Å²) < 4.78 is 25.5. The van der Waals surface area contributed by atoms with Gasteiger partial charge in [-0.05, 0) is 30.7 Å². The van der Waals surface area contributed by atoms with Gasteiger partial charge >= 0.3 is 0 Å². The summed E-state index contributed by atoms with van der Waals surface area (Å²) in [5.41, 5.74) is 3.48. The van der Waals surface area contributed by atoms with Gasteiger partial charge in [0.2, 0.25) is 10.0 Å². The van der Waals surface area contributed by atoms with Crippen molar-refractivity contribution in [2.24, 2.45) is 0 Å². The van der Waals surface area contributed by atoms with Gasteiger partial charge in [0.05, 0.1) is 16.5 Å². The minimum Gasteiger partial charge on any atom is -0.347 e. The molecule has 2 N–H and O–H groups in total. The van der Waals surface area contributed by atoms with Gasteiger partial charge in [-0.3, -0.25) is 4.79 Å². The average molecular weight is 430 g/mol. The third-order valence-corrected chi connectivity index (χ3v) is 6.88.